The maximum absolute atomic E-state index is 12.3. The van der Waals surface area contributed by atoms with Crippen molar-refractivity contribution in [1.82, 2.24) is 15.5 Å². The van der Waals surface area contributed by atoms with E-state index in [0.29, 0.717) is 25.5 Å². The molecule has 6 heteroatoms. The van der Waals surface area contributed by atoms with Crippen LogP contribution in [0.15, 0.2) is 0 Å². The molecule has 3 fully saturated rings. The van der Waals surface area contributed by atoms with Crippen molar-refractivity contribution < 1.29 is 14.3 Å². The average Bonchev–Trinajstić information content (AvgIpc) is 3.26. The van der Waals surface area contributed by atoms with E-state index in [4.69, 9.17) is 4.74 Å². The fraction of sp³-hybridized carbons (Fsp3) is 0.889. The lowest BCUT2D eigenvalue weighted by molar-refractivity contribution is -0.134. The first kappa shape index (κ1) is 17.7. The Morgan fingerprint density at radius 1 is 1.12 bits per heavy atom. The van der Waals surface area contributed by atoms with Gasteiger partial charge in [-0.25, -0.2) is 0 Å². The molecule has 2 heterocycles. The van der Waals surface area contributed by atoms with E-state index >= 15 is 0 Å². The monoisotopic (exact) mass is 337 g/mol. The van der Waals surface area contributed by atoms with Crippen molar-refractivity contribution in [1.29, 1.82) is 0 Å². The summed E-state index contributed by atoms with van der Waals surface area (Å²) in [5, 5.41) is 6.28. The SMILES string of the molecule is O=C(NCC1CCCN(C(=O)CCOCC2CC2)C1)C1CCCN1. The normalized spacial score (nSPS) is 27.2. The van der Waals surface area contributed by atoms with Gasteiger partial charge in [0.15, 0.2) is 0 Å². The number of piperidine rings is 1. The van der Waals surface area contributed by atoms with Crippen molar-refractivity contribution in [3.63, 3.8) is 0 Å². The Hall–Kier alpha value is -1.14. The van der Waals surface area contributed by atoms with Gasteiger partial charge in [0.1, 0.15) is 0 Å². The molecular formula is C18H31N3O3. The molecule has 2 aliphatic heterocycles. The zero-order valence-corrected chi connectivity index (χ0v) is 14.6. The Labute approximate surface area is 144 Å². The second-order valence-corrected chi connectivity index (χ2v) is 7.51. The first-order valence-corrected chi connectivity index (χ1v) is 9.59. The van der Waals surface area contributed by atoms with E-state index in [1.54, 1.807) is 0 Å². The third-order valence-electron chi connectivity index (χ3n) is 5.32. The van der Waals surface area contributed by atoms with Gasteiger partial charge in [0.05, 0.1) is 19.1 Å². The van der Waals surface area contributed by atoms with Crippen LogP contribution < -0.4 is 10.6 Å². The quantitative estimate of drug-likeness (QED) is 0.646. The highest BCUT2D eigenvalue weighted by atomic mass is 16.5. The lowest BCUT2D eigenvalue weighted by Gasteiger charge is -2.33. The van der Waals surface area contributed by atoms with Gasteiger partial charge in [-0.2, -0.15) is 0 Å². The van der Waals surface area contributed by atoms with Gasteiger partial charge >= 0.3 is 0 Å². The van der Waals surface area contributed by atoms with Crippen molar-refractivity contribution in [3.8, 4) is 0 Å². The summed E-state index contributed by atoms with van der Waals surface area (Å²) < 4.78 is 5.57. The van der Waals surface area contributed by atoms with Crippen molar-refractivity contribution >= 4 is 11.8 Å². The fourth-order valence-electron chi connectivity index (χ4n) is 3.59. The van der Waals surface area contributed by atoms with Crippen LogP contribution in [0.5, 0.6) is 0 Å². The maximum Gasteiger partial charge on any atom is 0.237 e. The number of nitrogens with one attached hydrogen (secondary N) is 2. The van der Waals surface area contributed by atoms with E-state index in [9.17, 15) is 9.59 Å². The number of carbonyl (C=O) groups excluding carboxylic acids is 2. The number of nitrogens with zero attached hydrogens (tertiary/aromatic N) is 1. The number of likely N-dealkylation sites (tertiary alicyclic amines) is 1. The standard InChI is InChI=1S/C18H31N3O3/c22-17(7-10-24-13-14-5-6-14)21-9-2-3-15(12-21)11-20-18(23)16-4-1-8-19-16/h14-16,19H,1-13H2,(H,20,23). The average molecular weight is 337 g/mol. The smallest absolute Gasteiger partial charge is 0.237 e. The number of hydrogen-bond donors (Lipinski definition) is 2. The van der Waals surface area contributed by atoms with Crippen LogP contribution in [0.2, 0.25) is 0 Å². The molecular weight excluding hydrogens is 306 g/mol. The minimum atomic E-state index is -0.0186. The Morgan fingerprint density at radius 3 is 2.75 bits per heavy atom. The van der Waals surface area contributed by atoms with Gasteiger partial charge in [-0.1, -0.05) is 0 Å². The molecule has 2 N–H and O–H groups in total. The molecule has 2 saturated heterocycles. The van der Waals surface area contributed by atoms with Gasteiger partial charge in [-0.15, -0.1) is 0 Å². The molecule has 0 aromatic carbocycles. The Kier molecular flexibility index (Phi) is 6.49. The summed E-state index contributed by atoms with van der Waals surface area (Å²) in [6, 6.07) is -0.0186. The van der Waals surface area contributed by atoms with Crippen LogP contribution in [0.25, 0.3) is 0 Å². The third-order valence-corrected chi connectivity index (χ3v) is 5.32. The summed E-state index contributed by atoms with van der Waals surface area (Å²) >= 11 is 0. The highest BCUT2D eigenvalue weighted by molar-refractivity contribution is 5.82. The van der Waals surface area contributed by atoms with Crippen LogP contribution in [0.4, 0.5) is 0 Å². The molecule has 1 saturated carbocycles. The summed E-state index contributed by atoms with van der Waals surface area (Å²) in [4.78, 5) is 26.3. The number of hydrogen-bond acceptors (Lipinski definition) is 4. The van der Waals surface area contributed by atoms with Crippen LogP contribution in [-0.2, 0) is 14.3 Å². The minimum Gasteiger partial charge on any atom is -0.381 e. The molecule has 2 unspecified atom stereocenters. The van der Waals surface area contributed by atoms with Crippen LogP contribution in [0.3, 0.4) is 0 Å². The Balaban J connectivity index is 1.32. The topological polar surface area (TPSA) is 70.7 Å². The summed E-state index contributed by atoms with van der Waals surface area (Å²) in [5.41, 5.74) is 0. The molecule has 0 spiro atoms. The number of rotatable bonds is 8. The van der Waals surface area contributed by atoms with Crippen molar-refractivity contribution in [2.24, 2.45) is 11.8 Å². The van der Waals surface area contributed by atoms with Gasteiger partial charge in [0.25, 0.3) is 0 Å². The first-order chi connectivity index (χ1) is 11.7. The van der Waals surface area contributed by atoms with Crippen LogP contribution in [0, 0.1) is 11.8 Å². The van der Waals surface area contributed by atoms with Crippen molar-refractivity contribution in [3.05, 3.63) is 0 Å². The fourth-order valence-corrected chi connectivity index (χ4v) is 3.59. The van der Waals surface area contributed by atoms with Crippen LogP contribution in [0.1, 0.15) is 44.9 Å². The number of ether oxygens (including phenoxy) is 1. The van der Waals surface area contributed by atoms with E-state index in [-0.39, 0.29) is 17.9 Å². The lowest BCUT2D eigenvalue weighted by atomic mass is 9.97. The van der Waals surface area contributed by atoms with Crippen molar-refractivity contribution in [2.45, 2.75) is 51.0 Å². The van der Waals surface area contributed by atoms with Crippen LogP contribution >= 0.6 is 0 Å². The highest BCUT2D eigenvalue weighted by Gasteiger charge is 2.26. The molecule has 3 aliphatic rings. The first-order valence-electron chi connectivity index (χ1n) is 9.59. The summed E-state index contributed by atoms with van der Waals surface area (Å²) in [6.07, 6.45) is 7.16. The molecule has 1 aliphatic carbocycles. The molecule has 2 amide bonds. The zero-order chi connectivity index (χ0) is 16.8. The van der Waals surface area contributed by atoms with Gasteiger partial charge in [0, 0.05) is 26.2 Å². The molecule has 2 atom stereocenters. The van der Waals surface area contributed by atoms with Crippen molar-refractivity contribution in [2.75, 3.05) is 39.4 Å². The van der Waals surface area contributed by atoms with E-state index in [2.05, 4.69) is 10.6 Å². The summed E-state index contributed by atoms with van der Waals surface area (Å²) in [5.74, 6) is 1.43. The van der Waals surface area contributed by atoms with E-state index in [1.807, 2.05) is 4.90 Å². The maximum atomic E-state index is 12.3. The molecule has 0 bridgehead atoms. The second kappa shape index (κ2) is 8.81. The molecule has 0 radical (unpaired) electrons. The summed E-state index contributed by atoms with van der Waals surface area (Å²) in [6.45, 7) is 4.58. The van der Waals surface area contributed by atoms with Gasteiger partial charge in [-0.3, -0.25) is 9.59 Å². The van der Waals surface area contributed by atoms with Gasteiger partial charge in [-0.05, 0) is 56.9 Å². The predicted molar refractivity (Wildman–Crippen MR) is 91.5 cm³/mol. The molecule has 24 heavy (non-hydrogen) atoms. The molecule has 6 nitrogen and oxygen atoms in total. The Morgan fingerprint density at radius 2 is 2.00 bits per heavy atom. The molecule has 0 aromatic heterocycles. The van der Waals surface area contributed by atoms with E-state index in [0.717, 1.165) is 57.8 Å². The highest BCUT2D eigenvalue weighted by Crippen LogP contribution is 2.28. The van der Waals surface area contributed by atoms with Gasteiger partial charge < -0.3 is 20.3 Å². The second-order valence-electron chi connectivity index (χ2n) is 7.51. The number of amides is 2. The number of carbonyl (C=O) groups is 2. The largest absolute Gasteiger partial charge is 0.381 e. The Bertz CT molecular complexity index is 433. The lowest BCUT2D eigenvalue weighted by Crippen LogP contribution is -2.46. The zero-order valence-electron chi connectivity index (χ0n) is 14.6. The predicted octanol–water partition coefficient (Wildman–Crippen LogP) is 0.910. The molecule has 0 aromatic rings. The van der Waals surface area contributed by atoms with Gasteiger partial charge in [0.2, 0.25) is 11.8 Å². The molecule has 136 valence electrons. The third kappa shape index (κ3) is 5.45. The van der Waals surface area contributed by atoms with E-state index < -0.39 is 0 Å². The molecule has 3 rings (SSSR count). The van der Waals surface area contributed by atoms with E-state index in [1.165, 1.54) is 12.8 Å². The summed E-state index contributed by atoms with van der Waals surface area (Å²) in [7, 11) is 0. The minimum absolute atomic E-state index is 0.0186. The van der Waals surface area contributed by atoms with Crippen LogP contribution in [-0.4, -0.2) is 62.1 Å².